The van der Waals surface area contributed by atoms with Gasteiger partial charge in [0.1, 0.15) is 0 Å². The topological polar surface area (TPSA) is 43.4 Å². The minimum Gasteiger partial charge on any atom is -0.463 e. The van der Waals surface area contributed by atoms with Crippen LogP contribution >= 0.6 is 0 Å². The largest absolute Gasteiger partial charge is 0.463 e. The van der Waals surface area contributed by atoms with Crippen molar-refractivity contribution in [3.05, 3.63) is 41.5 Å². The molecule has 0 fully saturated rings. The molecule has 0 aliphatic heterocycles. The molecule has 0 unspecified atom stereocenters. The van der Waals surface area contributed by atoms with Crippen molar-refractivity contribution in [1.82, 2.24) is 0 Å². The summed E-state index contributed by atoms with van der Waals surface area (Å²) in [6.45, 7) is 1.98. The Morgan fingerprint density at radius 1 is 1.20 bits per heavy atom. The second-order valence-corrected chi connectivity index (χ2v) is 3.10. The van der Waals surface area contributed by atoms with Gasteiger partial charge in [-0.15, -0.1) is 0 Å². The normalized spacial score (nSPS) is 10.3. The molecular formula is C12H12O3. The van der Waals surface area contributed by atoms with Crippen LogP contribution in [0, 0.1) is 6.92 Å². The Labute approximate surface area is 88.4 Å². The lowest BCUT2D eigenvalue weighted by atomic mass is 10.1. The highest BCUT2D eigenvalue weighted by atomic mass is 16.5. The number of benzene rings is 1. The van der Waals surface area contributed by atoms with E-state index in [1.807, 2.05) is 31.2 Å². The summed E-state index contributed by atoms with van der Waals surface area (Å²) in [5.74, 6) is -1.50. The number of ketones is 1. The summed E-state index contributed by atoms with van der Waals surface area (Å²) >= 11 is 0. The highest BCUT2D eigenvalue weighted by molar-refractivity contribution is 6.39. The minimum absolute atomic E-state index is 0.655. The first-order valence-electron chi connectivity index (χ1n) is 4.50. The summed E-state index contributed by atoms with van der Waals surface area (Å²) in [4.78, 5) is 21.8. The van der Waals surface area contributed by atoms with Crippen LogP contribution in [0.3, 0.4) is 0 Å². The van der Waals surface area contributed by atoms with E-state index in [0.29, 0.717) is 0 Å². The number of ether oxygens (including phenoxy) is 1. The first-order chi connectivity index (χ1) is 7.13. The highest BCUT2D eigenvalue weighted by Crippen LogP contribution is 2.04. The third-order valence-electron chi connectivity index (χ3n) is 1.89. The van der Waals surface area contributed by atoms with E-state index in [-0.39, 0.29) is 0 Å². The monoisotopic (exact) mass is 204 g/mol. The number of aryl methyl sites for hydroxylation is 1. The van der Waals surface area contributed by atoms with Crippen LogP contribution in [0.25, 0.3) is 6.08 Å². The average molecular weight is 204 g/mol. The molecule has 0 bridgehead atoms. The fourth-order valence-electron chi connectivity index (χ4n) is 1.02. The number of carbonyl (C=O) groups is 2. The zero-order chi connectivity index (χ0) is 11.3. The molecule has 0 spiro atoms. The smallest absolute Gasteiger partial charge is 0.378 e. The average Bonchev–Trinajstić information content (AvgIpc) is 2.26. The van der Waals surface area contributed by atoms with Crippen molar-refractivity contribution in [3.8, 4) is 0 Å². The van der Waals surface area contributed by atoms with E-state index in [4.69, 9.17) is 0 Å². The maximum Gasteiger partial charge on any atom is 0.378 e. The van der Waals surface area contributed by atoms with Gasteiger partial charge in [0.05, 0.1) is 7.11 Å². The molecule has 0 atom stereocenters. The second-order valence-electron chi connectivity index (χ2n) is 3.10. The lowest BCUT2D eigenvalue weighted by molar-refractivity contribution is -0.149. The SMILES string of the molecule is COC(=O)C(=O)/C=C/c1ccc(C)cc1. The van der Waals surface area contributed by atoms with Crippen LogP contribution in [-0.4, -0.2) is 18.9 Å². The Morgan fingerprint density at radius 3 is 2.33 bits per heavy atom. The summed E-state index contributed by atoms with van der Waals surface area (Å²) in [6, 6.07) is 7.61. The lowest BCUT2D eigenvalue weighted by Gasteiger charge is -1.94. The van der Waals surface area contributed by atoms with E-state index in [0.717, 1.165) is 11.1 Å². The molecule has 1 aromatic carbocycles. The van der Waals surface area contributed by atoms with Crippen molar-refractivity contribution in [3.63, 3.8) is 0 Å². The minimum atomic E-state index is -0.849. The van der Waals surface area contributed by atoms with Gasteiger partial charge in [-0.2, -0.15) is 0 Å². The van der Waals surface area contributed by atoms with Gasteiger partial charge in [-0.25, -0.2) is 4.79 Å². The van der Waals surface area contributed by atoms with Gasteiger partial charge in [-0.3, -0.25) is 4.79 Å². The molecule has 3 nitrogen and oxygen atoms in total. The third-order valence-corrected chi connectivity index (χ3v) is 1.89. The second kappa shape index (κ2) is 5.10. The van der Waals surface area contributed by atoms with Gasteiger partial charge in [-0.1, -0.05) is 35.9 Å². The lowest BCUT2D eigenvalue weighted by Crippen LogP contribution is -2.11. The highest BCUT2D eigenvalue weighted by Gasteiger charge is 2.08. The molecule has 1 aromatic rings. The number of hydrogen-bond acceptors (Lipinski definition) is 3. The molecule has 0 heterocycles. The van der Waals surface area contributed by atoms with Crippen LogP contribution in [0.4, 0.5) is 0 Å². The Morgan fingerprint density at radius 2 is 1.80 bits per heavy atom. The Kier molecular flexibility index (Phi) is 3.80. The fraction of sp³-hybridized carbons (Fsp3) is 0.167. The fourth-order valence-corrected chi connectivity index (χ4v) is 1.02. The van der Waals surface area contributed by atoms with Crippen molar-refractivity contribution >= 4 is 17.8 Å². The summed E-state index contributed by atoms with van der Waals surface area (Å²) in [5, 5.41) is 0. The Balaban J connectivity index is 2.69. The molecule has 15 heavy (non-hydrogen) atoms. The molecule has 1 rings (SSSR count). The van der Waals surface area contributed by atoms with Crippen LogP contribution in [0.1, 0.15) is 11.1 Å². The van der Waals surface area contributed by atoms with Gasteiger partial charge in [0, 0.05) is 0 Å². The Bertz CT molecular complexity index is 388. The van der Waals surface area contributed by atoms with Gasteiger partial charge in [0.25, 0.3) is 5.78 Å². The van der Waals surface area contributed by atoms with E-state index < -0.39 is 11.8 Å². The summed E-state index contributed by atoms with van der Waals surface area (Å²) < 4.78 is 4.28. The first-order valence-corrected chi connectivity index (χ1v) is 4.50. The van der Waals surface area contributed by atoms with Crippen LogP contribution in [0.5, 0.6) is 0 Å². The maximum atomic E-state index is 11.1. The molecule has 0 radical (unpaired) electrons. The maximum absolute atomic E-state index is 11.1. The molecule has 0 saturated heterocycles. The molecular weight excluding hydrogens is 192 g/mol. The van der Waals surface area contributed by atoms with Gasteiger partial charge in [0.15, 0.2) is 0 Å². The number of hydrogen-bond donors (Lipinski definition) is 0. The van der Waals surface area contributed by atoms with E-state index in [1.54, 1.807) is 6.08 Å². The summed E-state index contributed by atoms with van der Waals surface area (Å²) in [6.07, 6.45) is 2.79. The molecule has 3 heteroatoms. The van der Waals surface area contributed by atoms with E-state index in [9.17, 15) is 9.59 Å². The predicted octanol–water partition coefficient (Wildman–Crippen LogP) is 1.75. The molecule has 0 saturated carbocycles. The van der Waals surface area contributed by atoms with Gasteiger partial charge >= 0.3 is 5.97 Å². The number of methoxy groups -OCH3 is 1. The van der Waals surface area contributed by atoms with E-state index in [1.165, 1.54) is 13.2 Å². The number of esters is 1. The first kappa shape index (κ1) is 11.2. The van der Waals surface area contributed by atoms with E-state index in [2.05, 4.69) is 4.74 Å². The molecule has 0 amide bonds. The molecule has 0 N–H and O–H groups in total. The third kappa shape index (κ3) is 3.38. The van der Waals surface area contributed by atoms with Crippen LogP contribution in [0.2, 0.25) is 0 Å². The van der Waals surface area contributed by atoms with Crippen molar-refractivity contribution in [2.45, 2.75) is 6.92 Å². The van der Waals surface area contributed by atoms with Crippen molar-refractivity contribution in [2.75, 3.05) is 7.11 Å². The molecule has 0 aliphatic carbocycles. The number of rotatable bonds is 3. The van der Waals surface area contributed by atoms with Gasteiger partial charge in [-0.05, 0) is 18.6 Å². The Hall–Kier alpha value is -1.90. The molecule has 0 aromatic heterocycles. The molecule has 78 valence electrons. The summed E-state index contributed by atoms with van der Waals surface area (Å²) in [7, 11) is 1.18. The van der Waals surface area contributed by atoms with Gasteiger partial charge in [0.2, 0.25) is 0 Å². The van der Waals surface area contributed by atoms with Crippen molar-refractivity contribution in [1.29, 1.82) is 0 Å². The van der Waals surface area contributed by atoms with Crippen molar-refractivity contribution < 1.29 is 14.3 Å². The van der Waals surface area contributed by atoms with Crippen LogP contribution in [-0.2, 0) is 14.3 Å². The zero-order valence-electron chi connectivity index (χ0n) is 8.69. The molecule has 0 aliphatic rings. The van der Waals surface area contributed by atoms with E-state index >= 15 is 0 Å². The number of carbonyl (C=O) groups excluding carboxylic acids is 2. The quantitative estimate of drug-likeness (QED) is 0.428. The van der Waals surface area contributed by atoms with Crippen LogP contribution < -0.4 is 0 Å². The van der Waals surface area contributed by atoms with Crippen molar-refractivity contribution in [2.24, 2.45) is 0 Å². The van der Waals surface area contributed by atoms with Crippen LogP contribution in [0.15, 0.2) is 30.3 Å². The summed E-state index contributed by atoms with van der Waals surface area (Å²) in [5.41, 5.74) is 2.02. The standard InChI is InChI=1S/C12H12O3/c1-9-3-5-10(6-4-9)7-8-11(13)12(14)15-2/h3-8H,1-2H3/b8-7+. The zero-order valence-corrected chi connectivity index (χ0v) is 8.69. The van der Waals surface area contributed by atoms with Gasteiger partial charge < -0.3 is 4.74 Å². The predicted molar refractivity (Wildman–Crippen MR) is 57.2 cm³/mol.